The van der Waals surface area contributed by atoms with Gasteiger partial charge in [0.1, 0.15) is 0 Å². The Morgan fingerprint density at radius 1 is 1.35 bits per heavy atom. The number of para-hydroxylation sites is 1. The lowest BCUT2D eigenvalue weighted by Gasteiger charge is -2.28. The number of anilines is 1. The Hall–Kier alpha value is -1.10. The van der Waals surface area contributed by atoms with E-state index in [0.29, 0.717) is 17.6 Å². The van der Waals surface area contributed by atoms with Crippen LogP contribution in [0.3, 0.4) is 0 Å². The SMILES string of the molecule is Cc1cccc(Cl)c1NC(=O)CN(CCN1CCCC1)C(C)C. The van der Waals surface area contributed by atoms with Crippen molar-refractivity contribution in [3.05, 3.63) is 28.8 Å². The third-order valence-corrected chi connectivity index (χ3v) is 4.78. The van der Waals surface area contributed by atoms with Crippen molar-refractivity contribution < 1.29 is 4.79 Å². The maximum absolute atomic E-state index is 12.4. The Morgan fingerprint density at radius 2 is 2.04 bits per heavy atom. The number of nitrogens with one attached hydrogen (secondary N) is 1. The number of benzene rings is 1. The number of hydrogen-bond acceptors (Lipinski definition) is 3. The van der Waals surface area contributed by atoms with Crippen LogP contribution in [0.1, 0.15) is 32.3 Å². The molecule has 2 rings (SSSR count). The Kier molecular flexibility index (Phi) is 6.88. The van der Waals surface area contributed by atoms with E-state index in [1.807, 2.05) is 19.1 Å². The molecule has 0 radical (unpaired) electrons. The Morgan fingerprint density at radius 3 is 2.65 bits per heavy atom. The van der Waals surface area contributed by atoms with E-state index in [1.165, 1.54) is 25.9 Å². The van der Waals surface area contributed by atoms with Gasteiger partial charge in [-0.2, -0.15) is 0 Å². The first-order valence-electron chi connectivity index (χ1n) is 8.48. The van der Waals surface area contributed by atoms with E-state index in [0.717, 1.165) is 24.3 Å². The highest BCUT2D eigenvalue weighted by Crippen LogP contribution is 2.25. The van der Waals surface area contributed by atoms with Crippen LogP contribution in [0.4, 0.5) is 5.69 Å². The molecule has 0 atom stereocenters. The summed E-state index contributed by atoms with van der Waals surface area (Å²) < 4.78 is 0. The monoisotopic (exact) mass is 337 g/mol. The maximum atomic E-state index is 12.4. The van der Waals surface area contributed by atoms with Crippen LogP contribution in [0, 0.1) is 6.92 Å². The lowest BCUT2D eigenvalue weighted by molar-refractivity contribution is -0.117. The molecule has 0 spiro atoms. The second-order valence-corrected chi connectivity index (χ2v) is 7.00. The first kappa shape index (κ1) is 18.2. The van der Waals surface area contributed by atoms with Gasteiger partial charge in [0.15, 0.2) is 0 Å². The van der Waals surface area contributed by atoms with Gasteiger partial charge < -0.3 is 10.2 Å². The zero-order valence-electron chi connectivity index (χ0n) is 14.4. The number of carbonyl (C=O) groups excluding carboxylic acids is 1. The molecule has 0 bridgehead atoms. The Labute approximate surface area is 144 Å². The molecule has 4 nitrogen and oxygen atoms in total. The molecule has 1 aromatic rings. The first-order valence-corrected chi connectivity index (χ1v) is 8.86. The topological polar surface area (TPSA) is 35.6 Å². The van der Waals surface area contributed by atoms with Gasteiger partial charge >= 0.3 is 0 Å². The van der Waals surface area contributed by atoms with Crippen LogP contribution >= 0.6 is 11.6 Å². The summed E-state index contributed by atoms with van der Waals surface area (Å²) in [6.45, 7) is 11.0. The van der Waals surface area contributed by atoms with Gasteiger partial charge in [-0.25, -0.2) is 0 Å². The summed E-state index contributed by atoms with van der Waals surface area (Å²) >= 11 is 6.18. The quantitative estimate of drug-likeness (QED) is 0.828. The van der Waals surface area contributed by atoms with Crippen LogP contribution in [0.2, 0.25) is 5.02 Å². The van der Waals surface area contributed by atoms with Gasteiger partial charge in [-0.05, 0) is 58.3 Å². The predicted molar refractivity (Wildman–Crippen MR) is 97.2 cm³/mol. The van der Waals surface area contributed by atoms with Gasteiger partial charge in [0, 0.05) is 19.1 Å². The fourth-order valence-corrected chi connectivity index (χ4v) is 3.22. The summed E-state index contributed by atoms with van der Waals surface area (Å²) in [4.78, 5) is 17.1. The van der Waals surface area contributed by atoms with Crippen molar-refractivity contribution in [3.63, 3.8) is 0 Å². The zero-order chi connectivity index (χ0) is 16.8. The number of amides is 1. The van der Waals surface area contributed by atoms with E-state index in [9.17, 15) is 4.79 Å². The normalized spacial score (nSPS) is 15.6. The highest BCUT2D eigenvalue weighted by molar-refractivity contribution is 6.33. The molecule has 1 heterocycles. The van der Waals surface area contributed by atoms with E-state index >= 15 is 0 Å². The smallest absolute Gasteiger partial charge is 0.238 e. The maximum Gasteiger partial charge on any atom is 0.238 e. The van der Waals surface area contributed by atoms with Crippen molar-refractivity contribution in [2.24, 2.45) is 0 Å². The number of nitrogens with zero attached hydrogens (tertiary/aromatic N) is 2. The molecule has 128 valence electrons. The van der Waals surface area contributed by atoms with Crippen molar-refractivity contribution in [1.82, 2.24) is 9.80 Å². The van der Waals surface area contributed by atoms with E-state index in [4.69, 9.17) is 11.6 Å². The molecule has 1 aromatic carbocycles. The second kappa shape index (κ2) is 8.67. The Bertz CT molecular complexity index is 507. The number of halogens is 1. The molecule has 23 heavy (non-hydrogen) atoms. The van der Waals surface area contributed by atoms with Crippen molar-refractivity contribution >= 4 is 23.2 Å². The third-order valence-electron chi connectivity index (χ3n) is 4.47. The molecule has 1 aliphatic heterocycles. The van der Waals surface area contributed by atoms with Gasteiger partial charge in [-0.3, -0.25) is 9.69 Å². The van der Waals surface area contributed by atoms with E-state index in [2.05, 4.69) is 29.0 Å². The van der Waals surface area contributed by atoms with Crippen LogP contribution in [-0.2, 0) is 4.79 Å². The van der Waals surface area contributed by atoms with E-state index in [-0.39, 0.29) is 5.91 Å². The van der Waals surface area contributed by atoms with Gasteiger partial charge in [0.25, 0.3) is 0 Å². The molecule has 5 heteroatoms. The number of likely N-dealkylation sites (tertiary alicyclic amines) is 1. The minimum atomic E-state index is -0.00341. The van der Waals surface area contributed by atoms with Crippen molar-refractivity contribution in [2.75, 3.05) is 38.0 Å². The third kappa shape index (κ3) is 5.48. The van der Waals surface area contributed by atoms with Crippen molar-refractivity contribution in [1.29, 1.82) is 0 Å². The minimum absolute atomic E-state index is 0.00341. The molecular formula is C18H28ClN3O. The molecule has 0 saturated carbocycles. The average Bonchev–Trinajstić information content (AvgIpc) is 3.00. The molecule has 0 aliphatic carbocycles. The number of rotatable bonds is 7. The zero-order valence-corrected chi connectivity index (χ0v) is 15.2. The van der Waals surface area contributed by atoms with Gasteiger partial charge in [0.2, 0.25) is 5.91 Å². The largest absolute Gasteiger partial charge is 0.323 e. The highest BCUT2D eigenvalue weighted by Gasteiger charge is 2.18. The Balaban J connectivity index is 1.89. The number of aryl methyl sites for hydroxylation is 1. The summed E-state index contributed by atoms with van der Waals surface area (Å²) in [5, 5.41) is 3.56. The van der Waals surface area contributed by atoms with Gasteiger partial charge in [0.05, 0.1) is 17.3 Å². The predicted octanol–water partition coefficient (Wildman–Crippen LogP) is 3.39. The van der Waals surface area contributed by atoms with Gasteiger partial charge in [-0.1, -0.05) is 23.7 Å². The fraction of sp³-hybridized carbons (Fsp3) is 0.611. The van der Waals surface area contributed by atoms with Crippen LogP contribution in [0.15, 0.2) is 18.2 Å². The van der Waals surface area contributed by atoms with Crippen LogP contribution in [0.5, 0.6) is 0 Å². The van der Waals surface area contributed by atoms with E-state index in [1.54, 1.807) is 6.07 Å². The molecule has 1 saturated heterocycles. The molecule has 0 aromatic heterocycles. The molecule has 1 N–H and O–H groups in total. The lowest BCUT2D eigenvalue weighted by Crippen LogP contribution is -2.42. The van der Waals surface area contributed by atoms with Crippen LogP contribution in [-0.4, -0.2) is 54.5 Å². The summed E-state index contributed by atoms with van der Waals surface area (Å²) in [6.07, 6.45) is 2.60. The average molecular weight is 338 g/mol. The molecule has 1 fully saturated rings. The van der Waals surface area contributed by atoms with Crippen LogP contribution in [0.25, 0.3) is 0 Å². The van der Waals surface area contributed by atoms with Crippen molar-refractivity contribution in [3.8, 4) is 0 Å². The lowest BCUT2D eigenvalue weighted by atomic mass is 10.2. The molecule has 1 aliphatic rings. The van der Waals surface area contributed by atoms with Crippen molar-refractivity contribution in [2.45, 2.75) is 39.7 Å². The second-order valence-electron chi connectivity index (χ2n) is 6.59. The number of carbonyl (C=O) groups is 1. The summed E-state index contributed by atoms with van der Waals surface area (Å²) in [7, 11) is 0. The summed E-state index contributed by atoms with van der Waals surface area (Å²) in [6, 6.07) is 5.99. The summed E-state index contributed by atoms with van der Waals surface area (Å²) in [5.74, 6) is -0.00341. The van der Waals surface area contributed by atoms with Gasteiger partial charge in [-0.15, -0.1) is 0 Å². The summed E-state index contributed by atoms with van der Waals surface area (Å²) in [5.41, 5.74) is 1.71. The number of hydrogen-bond donors (Lipinski definition) is 1. The highest BCUT2D eigenvalue weighted by atomic mass is 35.5. The van der Waals surface area contributed by atoms with Crippen LogP contribution < -0.4 is 5.32 Å². The minimum Gasteiger partial charge on any atom is -0.323 e. The molecule has 0 unspecified atom stereocenters. The molecule has 1 amide bonds. The fourth-order valence-electron chi connectivity index (χ4n) is 2.95. The standard InChI is InChI=1S/C18H28ClN3O/c1-14(2)22(12-11-21-9-4-5-10-21)13-17(23)20-18-15(3)7-6-8-16(18)19/h6-8,14H,4-5,9-13H2,1-3H3,(H,20,23). The first-order chi connectivity index (χ1) is 11.0. The van der Waals surface area contributed by atoms with E-state index < -0.39 is 0 Å². The molecular weight excluding hydrogens is 310 g/mol.